The van der Waals surface area contributed by atoms with Crippen LogP contribution in [0, 0.1) is 11.8 Å². The van der Waals surface area contributed by atoms with Crippen LogP contribution in [0.1, 0.15) is 33.6 Å². The van der Waals surface area contributed by atoms with Gasteiger partial charge in [-0.05, 0) is 18.8 Å². The van der Waals surface area contributed by atoms with Crippen molar-refractivity contribution in [1.29, 1.82) is 0 Å². The van der Waals surface area contributed by atoms with E-state index in [9.17, 15) is 9.59 Å². The molecular weight excluding hydrogens is 248 g/mol. The normalized spacial score (nSPS) is 12.2. The highest BCUT2D eigenvalue weighted by Crippen LogP contribution is 1.99. The molecule has 1 atom stereocenters. The first-order chi connectivity index (χ1) is 8.93. The van der Waals surface area contributed by atoms with Gasteiger partial charge in [-0.2, -0.15) is 0 Å². The number of urea groups is 1. The predicted molar refractivity (Wildman–Crippen MR) is 73.1 cm³/mol. The van der Waals surface area contributed by atoms with Crippen LogP contribution in [0.5, 0.6) is 0 Å². The molecule has 6 heteroatoms. The van der Waals surface area contributed by atoms with E-state index in [2.05, 4.69) is 24.5 Å². The zero-order valence-electron chi connectivity index (χ0n) is 12.1. The van der Waals surface area contributed by atoms with Crippen LogP contribution in [0.3, 0.4) is 0 Å². The third-order valence-electron chi connectivity index (χ3n) is 2.66. The van der Waals surface area contributed by atoms with Gasteiger partial charge in [0.05, 0.1) is 12.5 Å². The Kier molecular flexibility index (Phi) is 9.88. The molecule has 0 radical (unpaired) electrons. The Morgan fingerprint density at radius 2 is 1.68 bits per heavy atom. The van der Waals surface area contributed by atoms with Gasteiger partial charge >= 0.3 is 12.0 Å². The molecule has 0 aliphatic carbocycles. The van der Waals surface area contributed by atoms with E-state index in [1.54, 1.807) is 6.92 Å². The Morgan fingerprint density at radius 1 is 1.05 bits per heavy atom. The van der Waals surface area contributed by atoms with E-state index in [1.807, 2.05) is 0 Å². The zero-order chi connectivity index (χ0) is 14.7. The third kappa shape index (κ3) is 11.5. The number of nitrogens with one attached hydrogen (secondary N) is 2. The van der Waals surface area contributed by atoms with E-state index < -0.39 is 11.9 Å². The first kappa shape index (κ1) is 17.7. The number of carbonyl (C=O) groups is 2. The largest absolute Gasteiger partial charge is 0.481 e. The lowest BCUT2D eigenvalue weighted by Crippen LogP contribution is -2.38. The summed E-state index contributed by atoms with van der Waals surface area (Å²) < 4.78 is 5.35. The third-order valence-corrected chi connectivity index (χ3v) is 2.66. The molecule has 0 bridgehead atoms. The Morgan fingerprint density at radius 3 is 2.26 bits per heavy atom. The number of aliphatic carboxylic acids is 1. The quantitative estimate of drug-likeness (QED) is 0.526. The molecule has 0 fully saturated rings. The summed E-state index contributed by atoms with van der Waals surface area (Å²) in [4.78, 5) is 21.9. The second-order valence-electron chi connectivity index (χ2n) is 5.01. The van der Waals surface area contributed by atoms with Crippen LogP contribution in [0.15, 0.2) is 0 Å². The van der Waals surface area contributed by atoms with E-state index in [-0.39, 0.29) is 6.03 Å². The van der Waals surface area contributed by atoms with Crippen molar-refractivity contribution in [1.82, 2.24) is 10.6 Å². The van der Waals surface area contributed by atoms with E-state index >= 15 is 0 Å². The number of amides is 2. The van der Waals surface area contributed by atoms with E-state index in [4.69, 9.17) is 9.84 Å². The van der Waals surface area contributed by atoms with Crippen LogP contribution in [0.2, 0.25) is 0 Å². The average Bonchev–Trinajstić information content (AvgIpc) is 2.32. The van der Waals surface area contributed by atoms with Gasteiger partial charge in [0.1, 0.15) is 0 Å². The summed E-state index contributed by atoms with van der Waals surface area (Å²) in [5, 5.41) is 13.9. The maximum absolute atomic E-state index is 11.3. The summed E-state index contributed by atoms with van der Waals surface area (Å²) in [6, 6.07) is -0.287. The van der Waals surface area contributed by atoms with Crippen molar-refractivity contribution in [2.75, 3.05) is 26.3 Å². The topological polar surface area (TPSA) is 87.7 Å². The van der Waals surface area contributed by atoms with Crippen molar-refractivity contribution in [3.05, 3.63) is 0 Å². The van der Waals surface area contributed by atoms with Crippen molar-refractivity contribution in [2.24, 2.45) is 11.8 Å². The number of ether oxygens (including phenoxy) is 1. The van der Waals surface area contributed by atoms with Crippen molar-refractivity contribution in [2.45, 2.75) is 33.6 Å². The van der Waals surface area contributed by atoms with E-state index in [0.717, 1.165) is 6.42 Å². The van der Waals surface area contributed by atoms with Crippen LogP contribution in [0.25, 0.3) is 0 Å². The Bertz CT molecular complexity index is 269. The number of carboxylic acid groups (broad SMARTS) is 1. The molecule has 0 saturated carbocycles. The molecule has 19 heavy (non-hydrogen) atoms. The molecule has 3 N–H and O–H groups in total. The van der Waals surface area contributed by atoms with Crippen LogP contribution >= 0.6 is 0 Å². The SMILES string of the molecule is CC(C)CCOCCNC(=O)NCCC(C)C(=O)O. The fourth-order valence-corrected chi connectivity index (χ4v) is 1.25. The summed E-state index contributed by atoms with van der Waals surface area (Å²) in [5.41, 5.74) is 0. The zero-order valence-corrected chi connectivity index (χ0v) is 12.1. The summed E-state index contributed by atoms with van der Waals surface area (Å²) in [7, 11) is 0. The van der Waals surface area contributed by atoms with Gasteiger partial charge in [0, 0.05) is 19.7 Å². The van der Waals surface area contributed by atoms with Gasteiger partial charge in [-0.15, -0.1) is 0 Å². The maximum Gasteiger partial charge on any atom is 0.314 e. The van der Waals surface area contributed by atoms with Gasteiger partial charge in [0.25, 0.3) is 0 Å². The fraction of sp³-hybridized carbons (Fsp3) is 0.846. The number of rotatable bonds is 10. The lowest BCUT2D eigenvalue weighted by molar-refractivity contribution is -0.141. The second-order valence-corrected chi connectivity index (χ2v) is 5.01. The molecule has 0 spiro atoms. The highest BCUT2D eigenvalue weighted by molar-refractivity contribution is 5.74. The van der Waals surface area contributed by atoms with Gasteiger partial charge in [0.2, 0.25) is 0 Å². The Balaban J connectivity index is 3.38. The molecule has 1 unspecified atom stereocenters. The van der Waals surface area contributed by atoms with Crippen molar-refractivity contribution >= 4 is 12.0 Å². The Labute approximate surface area is 114 Å². The van der Waals surface area contributed by atoms with Gasteiger partial charge < -0.3 is 20.5 Å². The summed E-state index contributed by atoms with van der Waals surface area (Å²) in [6.07, 6.45) is 1.44. The molecule has 6 nitrogen and oxygen atoms in total. The molecule has 0 aromatic heterocycles. The van der Waals surface area contributed by atoms with Gasteiger partial charge in [-0.25, -0.2) is 4.79 Å². The van der Waals surface area contributed by atoms with Crippen LogP contribution in [-0.4, -0.2) is 43.4 Å². The highest BCUT2D eigenvalue weighted by Gasteiger charge is 2.10. The molecule has 0 aromatic carbocycles. The maximum atomic E-state index is 11.3. The second kappa shape index (κ2) is 10.6. The van der Waals surface area contributed by atoms with Gasteiger partial charge in [-0.1, -0.05) is 20.8 Å². The first-order valence-corrected chi connectivity index (χ1v) is 6.75. The minimum atomic E-state index is -0.847. The molecule has 2 amide bonds. The minimum Gasteiger partial charge on any atom is -0.481 e. The summed E-state index contributed by atoms with van der Waals surface area (Å²) in [5.74, 6) is -0.673. The first-order valence-electron chi connectivity index (χ1n) is 6.75. The molecule has 112 valence electrons. The van der Waals surface area contributed by atoms with Crippen LogP contribution in [0.4, 0.5) is 4.79 Å². The van der Waals surface area contributed by atoms with Crippen molar-refractivity contribution < 1.29 is 19.4 Å². The molecule has 0 aliphatic rings. The number of carbonyl (C=O) groups excluding carboxylic acids is 1. The van der Waals surface area contributed by atoms with Crippen molar-refractivity contribution in [3.63, 3.8) is 0 Å². The van der Waals surface area contributed by atoms with E-state index in [1.165, 1.54) is 0 Å². The number of carboxylic acids is 1. The lowest BCUT2D eigenvalue weighted by Gasteiger charge is -2.10. The molecule has 0 saturated heterocycles. The Hall–Kier alpha value is -1.30. The number of hydrogen-bond donors (Lipinski definition) is 3. The molecule has 0 aromatic rings. The van der Waals surface area contributed by atoms with Crippen LogP contribution in [-0.2, 0) is 9.53 Å². The van der Waals surface area contributed by atoms with Gasteiger partial charge in [-0.3, -0.25) is 4.79 Å². The fourth-order valence-electron chi connectivity index (χ4n) is 1.25. The van der Waals surface area contributed by atoms with Crippen molar-refractivity contribution in [3.8, 4) is 0 Å². The van der Waals surface area contributed by atoms with E-state index in [0.29, 0.717) is 38.6 Å². The molecule has 0 aliphatic heterocycles. The minimum absolute atomic E-state index is 0.287. The average molecular weight is 274 g/mol. The molecule has 0 heterocycles. The predicted octanol–water partition coefficient (Wildman–Crippen LogP) is 1.46. The monoisotopic (exact) mass is 274 g/mol. The number of hydrogen-bond acceptors (Lipinski definition) is 3. The molecule has 0 rings (SSSR count). The summed E-state index contributed by atoms with van der Waals surface area (Å²) >= 11 is 0. The summed E-state index contributed by atoms with van der Waals surface area (Å²) in [6.45, 7) is 7.89. The standard InChI is InChI=1S/C13H26N2O4/c1-10(2)5-8-19-9-7-15-13(18)14-6-4-11(3)12(16)17/h10-11H,4-9H2,1-3H3,(H,16,17)(H2,14,15,18). The highest BCUT2D eigenvalue weighted by atomic mass is 16.5. The smallest absolute Gasteiger partial charge is 0.314 e. The lowest BCUT2D eigenvalue weighted by atomic mass is 10.1. The molecular formula is C13H26N2O4. The van der Waals surface area contributed by atoms with Gasteiger partial charge in [0.15, 0.2) is 0 Å². The van der Waals surface area contributed by atoms with Crippen LogP contribution < -0.4 is 10.6 Å².